The van der Waals surface area contributed by atoms with E-state index in [0.29, 0.717) is 37.7 Å². The van der Waals surface area contributed by atoms with Crippen molar-refractivity contribution in [2.24, 2.45) is 0 Å². The van der Waals surface area contributed by atoms with E-state index in [4.69, 9.17) is 0 Å². The summed E-state index contributed by atoms with van der Waals surface area (Å²) in [6.07, 6.45) is 3.36. The van der Waals surface area contributed by atoms with Gasteiger partial charge in [0.15, 0.2) is 0 Å². The molecule has 1 aliphatic rings. The first kappa shape index (κ1) is 18.3. The number of nitrogens with one attached hydrogen (secondary N) is 1. The van der Waals surface area contributed by atoms with E-state index in [-0.39, 0.29) is 18.2 Å². The molecule has 1 aliphatic heterocycles. The molecule has 0 unspecified atom stereocenters. The number of carbonyl (C=O) groups excluding carboxylic acids is 1. The molecule has 1 aromatic carbocycles. The molecule has 2 aromatic rings. The van der Waals surface area contributed by atoms with Crippen LogP contribution in [0.3, 0.4) is 0 Å². The van der Waals surface area contributed by atoms with Crippen LogP contribution in [-0.2, 0) is 20.6 Å². The Kier molecular flexibility index (Phi) is 5.79. The molecule has 9 heteroatoms. The number of benzene rings is 1. The van der Waals surface area contributed by atoms with Crippen molar-refractivity contribution >= 4 is 21.9 Å². The van der Waals surface area contributed by atoms with Gasteiger partial charge in [-0.2, -0.15) is 0 Å². The van der Waals surface area contributed by atoms with Gasteiger partial charge < -0.3 is 9.80 Å². The Hall–Kier alpha value is -2.52. The minimum atomic E-state index is -3.55. The average molecular weight is 375 g/mol. The Morgan fingerprint density at radius 3 is 2.31 bits per heavy atom. The van der Waals surface area contributed by atoms with Crippen molar-refractivity contribution in [1.29, 1.82) is 0 Å². The summed E-state index contributed by atoms with van der Waals surface area (Å²) >= 11 is 0. The number of sulfonamides is 1. The molecule has 1 fully saturated rings. The maximum Gasteiger partial charge on any atom is 0.237 e. The first-order chi connectivity index (χ1) is 12.5. The lowest BCUT2D eigenvalue weighted by atomic mass is 10.2. The van der Waals surface area contributed by atoms with Gasteiger partial charge in [-0.25, -0.2) is 23.1 Å². The van der Waals surface area contributed by atoms with E-state index in [2.05, 4.69) is 14.7 Å². The Labute approximate surface area is 152 Å². The Morgan fingerprint density at radius 2 is 1.65 bits per heavy atom. The highest BCUT2D eigenvalue weighted by molar-refractivity contribution is 7.88. The summed E-state index contributed by atoms with van der Waals surface area (Å²) in [6, 6.07) is 10.6. The zero-order valence-electron chi connectivity index (χ0n) is 14.3. The predicted molar refractivity (Wildman–Crippen MR) is 97.9 cm³/mol. The van der Waals surface area contributed by atoms with Crippen LogP contribution < -0.4 is 9.62 Å². The lowest BCUT2D eigenvalue weighted by Gasteiger charge is -2.34. The second-order valence-corrected chi connectivity index (χ2v) is 7.79. The molecule has 1 N–H and O–H groups in total. The molecular weight excluding hydrogens is 354 g/mol. The fraction of sp³-hybridized carbons (Fsp3) is 0.353. The molecule has 0 aliphatic carbocycles. The zero-order chi connectivity index (χ0) is 18.4. The second-order valence-electron chi connectivity index (χ2n) is 5.98. The predicted octanol–water partition coefficient (Wildman–Crippen LogP) is 0.245. The largest absolute Gasteiger partial charge is 0.338 e. The zero-order valence-corrected chi connectivity index (χ0v) is 15.1. The lowest BCUT2D eigenvalue weighted by molar-refractivity contribution is -0.130. The molecule has 1 amide bonds. The maximum absolute atomic E-state index is 12.3. The van der Waals surface area contributed by atoms with Gasteiger partial charge >= 0.3 is 0 Å². The number of anilines is 1. The average Bonchev–Trinajstić information content (AvgIpc) is 2.67. The van der Waals surface area contributed by atoms with Gasteiger partial charge in [-0.05, 0) is 11.6 Å². The van der Waals surface area contributed by atoms with Crippen LogP contribution in [0.2, 0.25) is 0 Å². The SMILES string of the molecule is O=C(CNS(=O)(=O)Cc1ccccc1)N1CCN(c2ncccn2)CC1. The fourth-order valence-corrected chi connectivity index (χ4v) is 3.82. The monoisotopic (exact) mass is 375 g/mol. The molecule has 0 spiro atoms. The number of hydrogen-bond acceptors (Lipinski definition) is 6. The summed E-state index contributed by atoms with van der Waals surface area (Å²) in [4.78, 5) is 24.4. The minimum Gasteiger partial charge on any atom is -0.338 e. The highest BCUT2D eigenvalue weighted by atomic mass is 32.2. The van der Waals surface area contributed by atoms with Gasteiger partial charge in [0, 0.05) is 38.6 Å². The highest BCUT2D eigenvalue weighted by Gasteiger charge is 2.23. The third-order valence-electron chi connectivity index (χ3n) is 4.11. The van der Waals surface area contributed by atoms with E-state index in [0.717, 1.165) is 0 Å². The molecule has 0 radical (unpaired) electrons. The summed E-state index contributed by atoms with van der Waals surface area (Å²) in [5, 5.41) is 0. The first-order valence-electron chi connectivity index (χ1n) is 8.34. The number of piperazine rings is 1. The molecule has 26 heavy (non-hydrogen) atoms. The van der Waals surface area contributed by atoms with E-state index in [9.17, 15) is 13.2 Å². The molecule has 0 saturated carbocycles. The standard InChI is InChI=1S/C17H21N5O3S/c23-16(13-20-26(24,25)14-15-5-2-1-3-6-15)21-9-11-22(12-10-21)17-18-7-4-8-19-17/h1-8,20H,9-14H2. The van der Waals surface area contributed by atoms with E-state index in [1.165, 1.54) is 0 Å². The molecular formula is C17H21N5O3S. The van der Waals surface area contributed by atoms with Gasteiger partial charge in [0.25, 0.3) is 0 Å². The van der Waals surface area contributed by atoms with Crippen LogP contribution in [0.4, 0.5) is 5.95 Å². The molecule has 1 aromatic heterocycles. The summed E-state index contributed by atoms with van der Waals surface area (Å²) in [5.74, 6) is 0.277. The number of hydrogen-bond donors (Lipinski definition) is 1. The van der Waals surface area contributed by atoms with E-state index in [1.54, 1.807) is 47.6 Å². The van der Waals surface area contributed by atoms with Crippen LogP contribution in [0.25, 0.3) is 0 Å². The molecule has 1 saturated heterocycles. The summed E-state index contributed by atoms with van der Waals surface area (Å²) in [6.45, 7) is 2.03. The fourth-order valence-electron chi connectivity index (χ4n) is 2.74. The van der Waals surface area contributed by atoms with Crippen molar-refractivity contribution in [3.05, 3.63) is 54.4 Å². The molecule has 0 bridgehead atoms. The number of aromatic nitrogens is 2. The van der Waals surface area contributed by atoms with E-state index < -0.39 is 10.0 Å². The number of carbonyl (C=O) groups is 1. The number of rotatable bonds is 6. The van der Waals surface area contributed by atoms with Crippen molar-refractivity contribution in [2.45, 2.75) is 5.75 Å². The van der Waals surface area contributed by atoms with Crippen molar-refractivity contribution in [3.8, 4) is 0 Å². The normalized spacial score (nSPS) is 15.1. The Morgan fingerprint density at radius 1 is 1.00 bits per heavy atom. The van der Waals surface area contributed by atoms with Crippen LogP contribution in [0.1, 0.15) is 5.56 Å². The van der Waals surface area contributed by atoms with Crippen LogP contribution in [0.15, 0.2) is 48.8 Å². The van der Waals surface area contributed by atoms with Crippen LogP contribution >= 0.6 is 0 Å². The molecule has 0 atom stereocenters. The first-order valence-corrected chi connectivity index (χ1v) is 10.00. The summed E-state index contributed by atoms with van der Waals surface area (Å²) in [5.41, 5.74) is 0.684. The Bertz CT molecular complexity index is 822. The van der Waals surface area contributed by atoms with Gasteiger partial charge in [0.1, 0.15) is 0 Å². The quantitative estimate of drug-likeness (QED) is 0.777. The number of amides is 1. The van der Waals surface area contributed by atoms with Gasteiger partial charge in [-0.3, -0.25) is 4.79 Å². The second kappa shape index (κ2) is 8.24. The molecule has 2 heterocycles. The van der Waals surface area contributed by atoms with Crippen LogP contribution in [-0.4, -0.2) is 61.9 Å². The maximum atomic E-state index is 12.3. The van der Waals surface area contributed by atoms with E-state index >= 15 is 0 Å². The van der Waals surface area contributed by atoms with Gasteiger partial charge in [-0.15, -0.1) is 0 Å². The third kappa shape index (κ3) is 4.99. The third-order valence-corrected chi connectivity index (χ3v) is 5.41. The van der Waals surface area contributed by atoms with Gasteiger partial charge in [0.2, 0.25) is 21.9 Å². The van der Waals surface area contributed by atoms with Crippen LogP contribution in [0, 0.1) is 0 Å². The minimum absolute atomic E-state index is 0.139. The lowest BCUT2D eigenvalue weighted by Crippen LogP contribution is -2.51. The molecule has 8 nitrogen and oxygen atoms in total. The summed E-state index contributed by atoms with van der Waals surface area (Å²) < 4.78 is 26.6. The summed E-state index contributed by atoms with van der Waals surface area (Å²) in [7, 11) is -3.55. The smallest absolute Gasteiger partial charge is 0.237 e. The van der Waals surface area contributed by atoms with Gasteiger partial charge in [-0.1, -0.05) is 30.3 Å². The van der Waals surface area contributed by atoms with Gasteiger partial charge in [0.05, 0.1) is 12.3 Å². The number of nitrogens with zero attached hydrogens (tertiary/aromatic N) is 4. The molecule has 3 rings (SSSR count). The Balaban J connectivity index is 1.47. The van der Waals surface area contributed by atoms with Crippen molar-refractivity contribution in [3.63, 3.8) is 0 Å². The molecule has 138 valence electrons. The topological polar surface area (TPSA) is 95.5 Å². The van der Waals surface area contributed by atoms with Crippen molar-refractivity contribution in [1.82, 2.24) is 19.6 Å². The van der Waals surface area contributed by atoms with E-state index in [1.807, 2.05) is 11.0 Å². The van der Waals surface area contributed by atoms with Crippen LogP contribution in [0.5, 0.6) is 0 Å². The van der Waals surface area contributed by atoms with Crippen molar-refractivity contribution < 1.29 is 13.2 Å². The van der Waals surface area contributed by atoms with Crippen molar-refractivity contribution in [2.75, 3.05) is 37.6 Å². The highest BCUT2D eigenvalue weighted by Crippen LogP contribution is 2.10.